The molecule has 0 aromatic carbocycles. The van der Waals surface area contributed by atoms with Crippen molar-refractivity contribution in [3.05, 3.63) is 29.6 Å². The third-order valence-electron chi connectivity index (χ3n) is 5.71. The standard InChI is InChI=1S/C20H29N3O2/c1-15-16(10-8-12-21-15)20(25)23-14-6-4-3-5-13-22(2)19(24)17-9-7-11-18(17)23/h8,10,12,17-18H,3-7,9,11,13-14H2,1-2H3/t17-,18+/m1/s1. The van der Waals surface area contributed by atoms with Gasteiger partial charge in [-0.05, 0) is 44.7 Å². The third-order valence-corrected chi connectivity index (χ3v) is 5.71. The third kappa shape index (κ3) is 3.86. The highest BCUT2D eigenvalue weighted by atomic mass is 16.2. The lowest BCUT2D eigenvalue weighted by molar-refractivity contribution is -0.135. The molecule has 2 aliphatic rings. The Bertz CT molecular complexity index is 631. The van der Waals surface area contributed by atoms with Crippen LogP contribution in [0.2, 0.25) is 0 Å². The first-order valence-electron chi connectivity index (χ1n) is 9.57. The Labute approximate surface area is 150 Å². The lowest BCUT2D eigenvalue weighted by Gasteiger charge is -2.34. The highest BCUT2D eigenvalue weighted by molar-refractivity contribution is 5.96. The monoisotopic (exact) mass is 343 g/mol. The molecule has 2 fully saturated rings. The number of rotatable bonds is 1. The number of aromatic nitrogens is 1. The Morgan fingerprint density at radius 2 is 1.88 bits per heavy atom. The van der Waals surface area contributed by atoms with Crippen molar-refractivity contribution in [2.75, 3.05) is 20.1 Å². The van der Waals surface area contributed by atoms with Crippen molar-refractivity contribution in [3.8, 4) is 0 Å². The predicted octanol–water partition coefficient (Wildman–Crippen LogP) is 3.03. The summed E-state index contributed by atoms with van der Waals surface area (Å²) < 4.78 is 0. The van der Waals surface area contributed by atoms with Crippen LogP contribution < -0.4 is 0 Å². The smallest absolute Gasteiger partial charge is 0.255 e. The van der Waals surface area contributed by atoms with E-state index in [1.165, 1.54) is 0 Å². The van der Waals surface area contributed by atoms with Gasteiger partial charge >= 0.3 is 0 Å². The van der Waals surface area contributed by atoms with Crippen LogP contribution in [0.15, 0.2) is 18.3 Å². The Morgan fingerprint density at radius 1 is 1.12 bits per heavy atom. The van der Waals surface area contributed by atoms with Crippen LogP contribution in [0.5, 0.6) is 0 Å². The molecule has 1 saturated carbocycles. The summed E-state index contributed by atoms with van der Waals surface area (Å²) in [6.07, 6.45) is 8.83. The zero-order chi connectivity index (χ0) is 17.8. The van der Waals surface area contributed by atoms with E-state index in [1.54, 1.807) is 6.20 Å². The maximum atomic E-state index is 13.3. The van der Waals surface area contributed by atoms with E-state index in [2.05, 4.69) is 4.98 Å². The molecule has 2 amide bonds. The Kier molecular flexibility index (Phi) is 5.71. The van der Waals surface area contributed by atoms with Crippen molar-refractivity contribution >= 4 is 11.8 Å². The first kappa shape index (κ1) is 17.9. The highest BCUT2D eigenvalue weighted by Gasteiger charge is 2.40. The van der Waals surface area contributed by atoms with E-state index in [4.69, 9.17) is 0 Å². The quantitative estimate of drug-likeness (QED) is 0.787. The zero-order valence-electron chi connectivity index (χ0n) is 15.4. The van der Waals surface area contributed by atoms with Gasteiger partial charge in [0.1, 0.15) is 0 Å². The fraction of sp³-hybridized carbons (Fsp3) is 0.650. The summed E-state index contributed by atoms with van der Waals surface area (Å²) in [5, 5.41) is 0. The minimum atomic E-state index is -0.0518. The minimum absolute atomic E-state index is 0.0279. The first-order valence-corrected chi connectivity index (χ1v) is 9.57. The van der Waals surface area contributed by atoms with E-state index in [0.717, 1.165) is 63.7 Å². The molecule has 1 aliphatic heterocycles. The number of aryl methyl sites for hydroxylation is 1. The molecular formula is C20H29N3O2. The van der Waals surface area contributed by atoms with Crippen LogP contribution in [0.1, 0.15) is 61.0 Å². The van der Waals surface area contributed by atoms with Crippen LogP contribution in [0.4, 0.5) is 0 Å². The first-order chi connectivity index (χ1) is 12.1. The summed E-state index contributed by atoms with van der Waals surface area (Å²) in [4.78, 5) is 34.3. The van der Waals surface area contributed by atoms with Gasteiger partial charge in [-0.3, -0.25) is 14.6 Å². The van der Waals surface area contributed by atoms with E-state index in [-0.39, 0.29) is 23.8 Å². The summed E-state index contributed by atoms with van der Waals surface area (Å²) in [5.41, 5.74) is 1.43. The molecule has 1 aromatic rings. The summed E-state index contributed by atoms with van der Waals surface area (Å²) >= 11 is 0. The van der Waals surface area contributed by atoms with Gasteiger partial charge in [-0.15, -0.1) is 0 Å². The predicted molar refractivity (Wildman–Crippen MR) is 97.2 cm³/mol. The molecule has 0 bridgehead atoms. The SMILES string of the molecule is Cc1ncccc1C(=O)N1CCCCCCN(C)C(=O)[C@@H]2CCC[C@@H]21. The number of carbonyl (C=O) groups excluding carboxylic acids is 2. The number of amides is 2. The Hall–Kier alpha value is -1.91. The average molecular weight is 343 g/mol. The fourth-order valence-corrected chi connectivity index (χ4v) is 4.26. The van der Waals surface area contributed by atoms with Gasteiger partial charge in [0, 0.05) is 38.1 Å². The van der Waals surface area contributed by atoms with Gasteiger partial charge in [0.05, 0.1) is 11.5 Å². The van der Waals surface area contributed by atoms with Crippen LogP contribution in [0.3, 0.4) is 0 Å². The van der Waals surface area contributed by atoms with Crippen molar-refractivity contribution in [2.45, 2.75) is 57.9 Å². The maximum absolute atomic E-state index is 13.3. The number of carbonyl (C=O) groups is 2. The van der Waals surface area contributed by atoms with Crippen LogP contribution >= 0.6 is 0 Å². The normalized spacial score (nSPS) is 25.4. The van der Waals surface area contributed by atoms with Crippen molar-refractivity contribution in [3.63, 3.8) is 0 Å². The molecule has 136 valence electrons. The second-order valence-corrected chi connectivity index (χ2v) is 7.41. The Morgan fingerprint density at radius 3 is 2.64 bits per heavy atom. The van der Waals surface area contributed by atoms with Crippen LogP contribution in [-0.4, -0.2) is 52.8 Å². The maximum Gasteiger partial charge on any atom is 0.255 e. The molecule has 0 N–H and O–H groups in total. The molecule has 2 atom stereocenters. The molecule has 5 heteroatoms. The van der Waals surface area contributed by atoms with E-state index < -0.39 is 0 Å². The Balaban J connectivity index is 1.90. The topological polar surface area (TPSA) is 53.5 Å². The van der Waals surface area contributed by atoms with Crippen molar-refractivity contribution < 1.29 is 9.59 Å². The van der Waals surface area contributed by atoms with Gasteiger partial charge < -0.3 is 9.80 Å². The van der Waals surface area contributed by atoms with E-state index in [9.17, 15) is 9.59 Å². The number of hydrogen-bond acceptors (Lipinski definition) is 3. The summed E-state index contributed by atoms with van der Waals surface area (Å²) in [6, 6.07) is 3.70. The van der Waals surface area contributed by atoms with Gasteiger partial charge in [0.25, 0.3) is 5.91 Å². The number of nitrogens with zero attached hydrogens (tertiary/aromatic N) is 3. The van der Waals surface area contributed by atoms with Crippen molar-refractivity contribution in [1.82, 2.24) is 14.8 Å². The summed E-state index contributed by atoms with van der Waals surface area (Å²) in [5.74, 6) is 0.200. The minimum Gasteiger partial charge on any atom is -0.345 e. The summed E-state index contributed by atoms with van der Waals surface area (Å²) in [7, 11) is 1.91. The van der Waals surface area contributed by atoms with E-state index in [0.29, 0.717) is 5.56 Å². The summed E-state index contributed by atoms with van der Waals surface area (Å²) in [6.45, 7) is 3.45. The molecule has 0 unspecified atom stereocenters. The largest absolute Gasteiger partial charge is 0.345 e. The average Bonchev–Trinajstić information content (AvgIpc) is 3.08. The fourth-order valence-electron chi connectivity index (χ4n) is 4.26. The molecular weight excluding hydrogens is 314 g/mol. The molecule has 1 aromatic heterocycles. The van der Waals surface area contributed by atoms with E-state index >= 15 is 0 Å². The molecule has 25 heavy (non-hydrogen) atoms. The molecule has 0 spiro atoms. The number of hydrogen-bond donors (Lipinski definition) is 0. The van der Waals surface area contributed by atoms with Gasteiger partial charge in [-0.1, -0.05) is 19.3 Å². The van der Waals surface area contributed by atoms with Crippen molar-refractivity contribution in [1.29, 1.82) is 0 Å². The number of fused-ring (bicyclic) bond motifs is 1. The van der Waals surface area contributed by atoms with Gasteiger partial charge in [0.2, 0.25) is 5.91 Å². The molecule has 0 radical (unpaired) electrons. The van der Waals surface area contributed by atoms with Gasteiger partial charge in [-0.2, -0.15) is 0 Å². The highest BCUT2D eigenvalue weighted by Crippen LogP contribution is 2.33. The van der Waals surface area contributed by atoms with Crippen molar-refractivity contribution in [2.24, 2.45) is 5.92 Å². The lowest BCUT2D eigenvalue weighted by Crippen LogP contribution is -2.47. The molecule has 3 rings (SSSR count). The zero-order valence-corrected chi connectivity index (χ0v) is 15.4. The second kappa shape index (κ2) is 7.98. The van der Waals surface area contributed by atoms with E-state index in [1.807, 2.05) is 35.9 Å². The molecule has 1 saturated heterocycles. The molecule has 1 aliphatic carbocycles. The van der Waals surface area contributed by atoms with Crippen LogP contribution in [-0.2, 0) is 4.79 Å². The van der Waals surface area contributed by atoms with Crippen LogP contribution in [0.25, 0.3) is 0 Å². The number of pyridine rings is 1. The van der Waals surface area contributed by atoms with Crippen LogP contribution in [0, 0.1) is 12.8 Å². The second-order valence-electron chi connectivity index (χ2n) is 7.41. The van der Waals surface area contributed by atoms with Gasteiger partial charge in [-0.25, -0.2) is 0 Å². The lowest BCUT2D eigenvalue weighted by atomic mass is 9.98. The molecule has 2 heterocycles. The molecule has 5 nitrogen and oxygen atoms in total. The van der Waals surface area contributed by atoms with Gasteiger partial charge in [0.15, 0.2) is 0 Å².